The maximum Gasteiger partial charge on any atom is 0.303 e. The molecule has 0 bridgehead atoms. The summed E-state index contributed by atoms with van der Waals surface area (Å²) in [6.07, 6.45) is 19.4. The van der Waals surface area contributed by atoms with Crippen LogP contribution in [0.4, 0.5) is 0 Å². The Kier molecular flexibility index (Phi) is 10.7. The summed E-state index contributed by atoms with van der Waals surface area (Å²) in [6, 6.07) is 0. The van der Waals surface area contributed by atoms with E-state index in [2.05, 4.69) is 25.2 Å². The van der Waals surface area contributed by atoms with E-state index in [1.54, 1.807) is 0 Å². The highest BCUT2D eigenvalue weighted by Gasteiger charge is 2.23. The number of hydrogen-bond donors (Lipinski definition) is 2. The monoisotopic (exact) mass is 322 g/mol. The molecule has 0 spiro atoms. The van der Waals surface area contributed by atoms with E-state index in [0.717, 1.165) is 32.1 Å². The Morgan fingerprint density at radius 3 is 2.78 bits per heavy atom. The van der Waals surface area contributed by atoms with E-state index in [-0.39, 0.29) is 12.5 Å². The zero-order chi connectivity index (χ0) is 16.9. The van der Waals surface area contributed by atoms with Gasteiger partial charge in [-0.25, -0.2) is 0 Å². The highest BCUT2D eigenvalue weighted by molar-refractivity contribution is 5.66. The summed E-state index contributed by atoms with van der Waals surface area (Å²) in [5.41, 5.74) is 0. The van der Waals surface area contributed by atoms with Gasteiger partial charge in [0.05, 0.1) is 6.10 Å². The second-order valence-electron chi connectivity index (χ2n) is 6.80. The van der Waals surface area contributed by atoms with Crippen LogP contribution in [-0.4, -0.2) is 22.3 Å². The van der Waals surface area contributed by atoms with Crippen molar-refractivity contribution in [3.8, 4) is 0 Å². The van der Waals surface area contributed by atoms with Crippen molar-refractivity contribution in [1.29, 1.82) is 0 Å². The van der Waals surface area contributed by atoms with Crippen LogP contribution in [0.2, 0.25) is 0 Å². The lowest BCUT2D eigenvalue weighted by Crippen LogP contribution is -2.07. The standard InChI is InChI=1S/C20H34O3/c1-2-3-6-13-19(21)16-15-18-12-9-11-17(18)10-7-4-5-8-14-20(22)23/h4,7,15-19,21H,2-3,5-6,8-14H2,1H3,(H,22,23)/b7-4-,16-15+/t17-,18+,19-/m0/s1. The topological polar surface area (TPSA) is 57.5 Å². The highest BCUT2D eigenvalue weighted by atomic mass is 16.4. The van der Waals surface area contributed by atoms with Gasteiger partial charge in [-0.15, -0.1) is 0 Å². The number of aliphatic hydroxyl groups excluding tert-OH is 1. The van der Waals surface area contributed by atoms with Gasteiger partial charge < -0.3 is 10.2 Å². The number of allylic oxidation sites excluding steroid dienone is 3. The third-order valence-corrected chi connectivity index (χ3v) is 4.77. The SMILES string of the molecule is CCCCC[C@H](O)/C=C/[C@H]1CCC[C@@H]1C/C=C\CCCC(=O)O. The Balaban J connectivity index is 2.24. The van der Waals surface area contributed by atoms with Gasteiger partial charge in [0.15, 0.2) is 0 Å². The molecule has 2 N–H and O–H groups in total. The van der Waals surface area contributed by atoms with Crippen LogP contribution in [0.5, 0.6) is 0 Å². The molecule has 132 valence electrons. The summed E-state index contributed by atoms with van der Waals surface area (Å²) in [4.78, 5) is 10.4. The predicted octanol–water partition coefficient (Wildman–Crippen LogP) is 5.10. The lowest BCUT2D eigenvalue weighted by Gasteiger charge is -2.15. The summed E-state index contributed by atoms with van der Waals surface area (Å²) < 4.78 is 0. The van der Waals surface area contributed by atoms with Gasteiger partial charge in [0, 0.05) is 6.42 Å². The Labute approximate surface area is 141 Å². The molecular weight excluding hydrogens is 288 g/mol. The van der Waals surface area contributed by atoms with Crippen molar-refractivity contribution in [2.45, 2.75) is 83.7 Å². The summed E-state index contributed by atoms with van der Waals surface area (Å²) >= 11 is 0. The lowest BCUT2D eigenvalue weighted by atomic mass is 9.91. The fraction of sp³-hybridized carbons (Fsp3) is 0.750. The molecule has 1 aliphatic carbocycles. The van der Waals surface area contributed by atoms with Crippen LogP contribution in [0.15, 0.2) is 24.3 Å². The van der Waals surface area contributed by atoms with E-state index in [9.17, 15) is 9.90 Å². The molecule has 3 atom stereocenters. The van der Waals surface area contributed by atoms with E-state index >= 15 is 0 Å². The van der Waals surface area contributed by atoms with Gasteiger partial charge in [-0.05, 0) is 50.4 Å². The van der Waals surface area contributed by atoms with Gasteiger partial charge >= 0.3 is 5.97 Å². The molecule has 1 aliphatic rings. The molecule has 0 aromatic heterocycles. The van der Waals surface area contributed by atoms with Crippen LogP contribution in [-0.2, 0) is 4.79 Å². The Bertz CT molecular complexity index is 373. The van der Waals surface area contributed by atoms with Crippen LogP contribution in [0.25, 0.3) is 0 Å². The van der Waals surface area contributed by atoms with E-state index in [1.165, 1.54) is 32.1 Å². The minimum absolute atomic E-state index is 0.259. The minimum Gasteiger partial charge on any atom is -0.481 e. The first kappa shape index (κ1) is 20.0. The number of unbranched alkanes of at least 4 members (excludes halogenated alkanes) is 3. The predicted molar refractivity (Wildman–Crippen MR) is 95.4 cm³/mol. The summed E-state index contributed by atoms with van der Waals surface area (Å²) in [5.74, 6) is 0.571. The van der Waals surface area contributed by atoms with E-state index in [1.807, 2.05) is 6.08 Å². The molecule has 0 heterocycles. The second kappa shape index (κ2) is 12.3. The van der Waals surface area contributed by atoms with Gasteiger partial charge in [0.1, 0.15) is 0 Å². The third-order valence-electron chi connectivity index (χ3n) is 4.77. The number of carboxylic acid groups (broad SMARTS) is 1. The van der Waals surface area contributed by atoms with Gasteiger partial charge in [-0.1, -0.05) is 56.9 Å². The average Bonchev–Trinajstić information content (AvgIpc) is 2.96. The molecule has 0 aromatic rings. The van der Waals surface area contributed by atoms with Crippen LogP contribution in [0.3, 0.4) is 0 Å². The van der Waals surface area contributed by atoms with Gasteiger partial charge in [0.25, 0.3) is 0 Å². The zero-order valence-corrected chi connectivity index (χ0v) is 14.6. The Morgan fingerprint density at radius 1 is 1.22 bits per heavy atom. The largest absolute Gasteiger partial charge is 0.481 e. The summed E-state index contributed by atoms with van der Waals surface area (Å²) in [5, 5.41) is 18.6. The molecule has 0 radical (unpaired) electrons. The first-order valence-corrected chi connectivity index (χ1v) is 9.36. The van der Waals surface area contributed by atoms with Crippen LogP contribution in [0.1, 0.15) is 77.6 Å². The zero-order valence-electron chi connectivity index (χ0n) is 14.6. The fourth-order valence-corrected chi connectivity index (χ4v) is 3.34. The number of rotatable bonds is 12. The molecule has 23 heavy (non-hydrogen) atoms. The number of carboxylic acids is 1. The van der Waals surface area contributed by atoms with E-state index in [4.69, 9.17) is 5.11 Å². The summed E-state index contributed by atoms with van der Waals surface area (Å²) in [6.45, 7) is 2.18. The molecule has 0 aromatic carbocycles. The van der Waals surface area contributed by atoms with E-state index < -0.39 is 5.97 Å². The van der Waals surface area contributed by atoms with Crippen molar-refractivity contribution in [2.24, 2.45) is 11.8 Å². The molecule has 0 saturated heterocycles. The Morgan fingerprint density at radius 2 is 2.04 bits per heavy atom. The van der Waals surface area contributed by atoms with Crippen LogP contribution < -0.4 is 0 Å². The maximum absolute atomic E-state index is 10.4. The van der Waals surface area contributed by atoms with Crippen molar-refractivity contribution in [2.75, 3.05) is 0 Å². The normalized spacial score (nSPS) is 23.0. The molecule has 1 rings (SSSR count). The summed E-state index contributed by atoms with van der Waals surface area (Å²) in [7, 11) is 0. The van der Waals surface area contributed by atoms with Gasteiger partial charge in [0.2, 0.25) is 0 Å². The first-order valence-electron chi connectivity index (χ1n) is 9.36. The number of carbonyl (C=O) groups is 1. The lowest BCUT2D eigenvalue weighted by molar-refractivity contribution is -0.137. The van der Waals surface area contributed by atoms with Gasteiger partial charge in [-0.3, -0.25) is 4.79 Å². The maximum atomic E-state index is 10.4. The van der Waals surface area contributed by atoms with Crippen molar-refractivity contribution < 1.29 is 15.0 Å². The number of aliphatic carboxylic acids is 1. The fourth-order valence-electron chi connectivity index (χ4n) is 3.34. The number of hydrogen-bond acceptors (Lipinski definition) is 2. The number of aliphatic hydroxyl groups is 1. The van der Waals surface area contributed by atoms with Crippen LogP contribution in [0, 0.1) is 11.8 Å². The molecule has 3 nitrogen and oxygen atoms in total. The molecule has 0 unspecified atom stereocenters. The first-order chi connectivity index (χ1) is 11.1. The van der Waals surface area contributed by atoms with Crippen molar-refractivity contribution in [3.63, 3.8) is 0 Å². The quantitative estimate of drug-likeness (QED) is 0.388. The van der Waals surface area contributed by atoms with Crippen molar-refractivity contribution >= 4 is 5.97 Å². The molecule has 1 fully saturated rings. The molecular formula is C20H34O3. The molecule has 0 amide bonds. The molecule has 3 heteroatoms. The smallest absolute Gasteiger partial charge is 0.303 e. The minimum atomic E-state index is -0.711. The third kappa shape index (κ3) is 9.60. The molecule has 0 aliphatic heterocycles. The van der Waals surface area contributed by atoms with Gasteiger partial charge in [-0.2, -0.15) is 0 Å². The average molecular weight is 322 g/mol. The highest BCUT2D eigenvalue weighted by Crippen LogP contribution is 2.35. The molecule has 1 saturated carbocycles. The Hall–Kier alpha value is -1.09. The van der Waals surface area contributed by atoms with E-state index in [0.29, 0.717) is 11.8 Å². The second-order valence-corrected chi connectivity index (χ2v) is 6.80. The van der Waals surface area contributed by atoms with Crippen molar-refractivity contribution in [1.82, 2.24) is 0 Å². The van der Waals surface area contributed by atoms with Crippen LogP contribution >= 0.6 is 0 Å². The van der Waals surface area contributed by atoms with Crippen molar-refractivity contribution in [3.05, 3.63) is 24.3 Å².